The van der Waals surface area contributed by atoms with Gasteiger partial charge in [0.15, 0.2) is 4.34 Å². The molecule has 3 aromatic rings. The number of thioether (sulfide) groups is 1. The molecule has 3 rings (SSSR count). The van der Waals surface area contributed by atoms with Crippen molar-refractivity contribution in [2.45, 2.75) is 31.7 Å². The van der Waals surface area contributed by atoms with Crippen molar-refractivity contribution in [2.24, 2.45) is 0 Å². The average Bonchev–Trinajstić information content (AvgIpc) is 3.20. The minimum atomic E-state index is -0.288. The molecule has 0 aliphatic heterocycles. The van der Waals surface area contributed by atoms with Crippen molar-refractivity contribution in [2.75, 3.05) is 11.1 Å². The highest BCUT2D eigenvalue weighted by Gasteiger charge is 2.16. The lowest BCUT2D eigenvalue weighted by molar-refractivity contribution is 0.102. The summed E-state index contributed by atoms with van der Waals surface area (Å²) in [5, 5.41) is 15.2. The molecule has 2 aromatic heterocycles. The highest BCUT2D eigenvalue weighted by atomic mass is 32.2. The zero-order valence-corrected chi connectivity index (χ0v) is 16.2. The molecular weight excluding hydrogens is 372 g/mol. The molecular formula is C17H18N4O3S2. The molecule has 2 heterocycles. The number of carbonyl (C=O) groups is 1. The molecule has 9 heteroatoms. The summed E-state index contributed by atoms with van der Waals surface area (Å²) in [7, 11) is 0. The van der Waals surface area contributed by atoms with Gasteiger partial charge in [-0.1, -0.05) is 47.3 Å². The number of aromatic nitrogens is 3. The van der Waals surface area contributed by atoms with E-state index in [1.807, 2.05) is 26.8 Å². The Morgan fingerprint density at radius 1 is 1.31 bits per heavy atom. The van der Waals surface area contributed by atoms with Crippen LogP contribution < -0.4 is 10.1 Å². The number of nitrogens with one attached hydrogen (secondary N) is 1. The van der Waals surface area contributed by atoms with Gasteiger partial charge in [0.05, 0.1) is 16.8 Å². The van der Waals surface area contributed by atoms with E-state index in [-0.39, 0.29) is 12.5 Å². The summed E-state index contributed by atoms with van der Waals surface area (Å²) < 4.78 is 11.8. The zero-order chi connectivity index (χ0) is 18.5. The van der Waals surface area contributed by atoms with Gasteiger partial charge in [0.1, 0.15) is 18.1 Å². The van der Waals surface area contributed by atoms with Crippen molar-refractivity contribution < 1.29 is 14.1 Å². The third-order valence-corrected chi connectivity index (χ3v) is 5.43. The van der Waals surface area contributed by atoms with Gasteiger partial charge < -0.3 is 9.26 Å². The lowest BCUT2D eigenvalue weighted by Gasteiger charge is -2.10. The number of nitrogens with zero attached hydrogens (tertiary/aromatic N) is 3. The SMILES string of the molecule is CCSc1nnc(NC(=O)c2ccccc2OCc2c(C)noc2C)s1. The molecule has 0 aliphatic carbocycles. The number of anilines is 1. The van der Waals surface area contributed by atoms with Crippen LogP contribution in [0, 0.1) is 13.8 Å². The summed E-state index contributed by atoms with van der Waals surface area (Å²) in [6, 6.07) is 7.07. The van der Waals surface area contributed by atoms with Gasteiger partial charge in [0, 0.05) is 0 Å². The highest BCUT2D eigenvalue weighted by Crippen LogP contribution is 2.27. The molecule has 0 spiro atoms. The van der Waals surface area contributed by atoms with Gasteiger partial charge in [-0.25, -0.2) is 0 Å². The van der Waals surface area contributed by atoms with Gasteiger partial charge in [0.2, 0.25) is 5.13 Å². The lowest BCUT2D eigenvalue weighted by atomic mass is 10.2. The van der Waals surface area contributed by atoms with E-state index >= 15 is 0 Å². The molecule has 0 saturated heterocycles. The number of aryl methyl sites for hydroxylation is 2. The minimum absolute atomic E-state index is 0.279. The van der Waals surface area contributed by atoms with Crippen molar-refractivity contribution in [3.63, 3.8) is 0 Å². The Kier molecular flexibility index (Phi) is 5.89. The van der Waals surface area contributed by atoms with Crippen LogP contribution in [0.2, 0.25) is 0 Å². The van der Waals surface area contributed by atoms with E-state index in [0.29, 0.717) is 22.2 Å². The topological polar surface area (TPSA) is 90.1 Å². The lowest BCUT2D eigenvalue weighted by Crippen LogP contribution is -2.13. The molecule has 136 valence electrons. The monoisotopic (exact) mass is 390 g/mol. The molecule has 0 bridgehead atoms. The number of ether oxygens (including phenoxy) is 1. The minimum Gasteiger partial charge on any atom is -0.488 e. The van der Waals surface area contributed by atoms with Crippen LogP contribution in [-0.2, 0) is 6.61 Å². The van der Waals surface area contributed by atoms with Gasteiger partial charge >= 0.3 is 0 Å². The fourth-order valence-electron chi connectivity index (χ4n) is 2.24. The first-order valence-corrected chi connectivity index (χ1v) is 9.80. The summed E-state index contributed by atoms with van der Waals surface area (Å²) >= 11 is 2.93. The zero-order valence-electron chi connectivity index (χ0n) is 14.6. The van der Waals surface area contributed by atoms with Crippen LogP contribution in [0.1, 0.15) is 34.3 Å². The Balaban J connectivity index is 1.72. The van der Waals surface area contributed by atoms with Gasteiger partial charge in [-0.15, -0.1) is 10.2 Å². The number of hydrogen-bond acceptors (Lipinski definition) is 8. The van der Waals surface area contributed by atoms with Crippen molar-refractivity contribution in [3.05, 3.63) is 46.8 Å². The summed E-state index contributed by atoms with van der Waals surface area (Å²) in [6.45, 7) is 6.01. The van der Waals surface area contributed by atoms with E-state index in [9.17, 15) is 4.79 Å². The second kappa shape index (κ2) is 8.33. The quantitative estimate of drug-likeness (QED) is 0.480. The maximum absolute atomic E-state index is 12.6. The van der Waals surface area contributed by atoms with Crippen LogP contribution in [0.15, 0.2) is 33.1 Å². The predicted molar refractivity (Wildman–Crippen MR) is 101 cm³/mol. The van der Waals surface area contributed by atoms with E-state index < -0.39 is 0 Å². The summed E-state index contributed by atoms with van der Waals surface area (Å²) in [4.78, 5) is 12.6. The normalized spacial score (nSPS) is 10.7. The van der Waals surface area contributed by atoms with Crippen molar-refractivity contribution in [1.29, 1.82) is 0 Å². The first kappa shape index (κ1) is 18.4. The first-order chi connectivity index (χ1) is 12.6. The Labute approximate surface area is 159 Å². The average molecular weight is 390 g/mol. The second-order valence-electron chi connectivity index (χ2n) is 5.35. The van der Waals surface area contributed by atoms with E-state index in [0.717, 1.165) is 21.3 Å². The van der Waals surface area contributed by atoms with Crippen LogP contribution >= 0.6 is 23.1 Å². The summed E-state index contributed by atoms with van der Waals surface area (Å²) in [5.74, 6) is 1.81. The van der Waals surface area contributed by atoms with Crippen LogP contribution in [0.25, 0.3) is 0 Å². The summed E-state index contributed by atoms with van der Waals surface area (Å²) in [5.41, 5.74) is 2.09. The summed E-state index contributed by atoms with van der Waals surface area (Å²) in [6.07, 6.45) is 0. The number of benzene rings is 1. The molecule has 0 atom stereocenters. The Bertz CT molecular complexity index is 888. The van der Waals surface area contributed by atoms with E-state index in [2.05, 4.69) is 20.7 Å². The molecule has 0 radical (unpaired) electrons. The van der Waals surface area contributed by atoms with Gasteiger partial charge in [-0.2, -0.15) is 0 Å². The molecule has 0 aliphatic rings. The van der Waals surface area contributed by atoms with Crippen molar-refractivity contribution in [3.8, 4) is 5.75 Å². The molecule has 0 unspecified atom stereocenters. The number of rotatable bonds is 7. The Morgan fingerprint density at radius 2 is 2.12 bits per heavy atom. The predicted octanol–water partition coefficient (Wildman–Crippen LogP) is 4.09. The van der Waals surface area contributed by atoms with Crippen LogP contribution in [0.3, 0.4) is 0 Å². The largest absolute Gasteiger partial charge is 0.488 e. The van der Waals surface area contributed by atoms with Gasteiger partial charge in [0.25, 0.3) is 5.91 Å². The van der Waals surface area contributed by atoms with Crippen molar-refractivity contribution >= 4 is 34.1 Å². The van der Waals surface area contributed by atoms with Gasteiger partial charge in [-0.05, 0) is 31.7 Å². The fourth-order valence-corrected chi connectivity index (χ4v) is 3.89. The number of para-hydroxylation sites is 1. The molecule has 1 amide bonds. The Morgan fingerprint density at radius 3 is 2.85 bits per heavy atom. The van der Waals surface area contributed by atoms with E-state index in [1.165, 1.54) is 11.3 Å². The molecule has 0 saturated carbocycles. The molecule has 0 fully saturated rings. The third kappa shape index (κ3) is 4.23. The molecule has 26 heavy (non-hydrogen) atoms. The maximum Gasteiger partial charge on any atom is 0.261 e. The standard InChI is InChI=1S/C17H18N4O3S2/c1-4-25-17-20-19-16(26-17)18-15(22)12-7-5-6-8-14(12)23-9-13-10(2)21-24-11(13)3/h5-8H,4,9H2,1-3H3,(H,18,19,22). The first-order valence-electron chi connectivity index (χ1n) is 7.99. The van der Waals surface area contributed by atoms with Crippen LogP contribution in [-0.4, -0.2) is 27.0 Å². The molecule has 7 nitrogen and oxygen atoms in total. The number of carbonyl (C=O) groups excluding carboxylic acids is 1. The number of hydrogen-bond donors (Lipinski definition) is 1. The maximum atomic E-state index is 12.6. The molecule has 1 aromatic carbocycles. The smallest absolute Gasteiger partial charge is 0.261 e. The van der Waals surface area contributed by atoms with Crippen molar-refractivity contribution in [1.82, 2.24) is 15.4 Å². The fraction of sp³-hybridized carbons (Fsp3) is 0.294. The second-order valence-corrected chi connectivity index (χ2v) is 7.84. The van der Waals surface area contributed by atoms with E-state index in [4.69, 9.17) is 9.26 Å². The van der Waals surface area contributed by atoms with Crippen LogP contribution in [0.5, 0.6) is 5.75 Å². The Hall–Kier alpha value is -2.39. The molecule has 1 N–H and O–H groups in total. The van der Waals surface area contributed by atoms with Crippen LogP contribution in [0.4, 0.5) is 5.13 Å². The highest BCUT2D eigenvalue weighted by molar-refractivity contribution is 8.01. The third-order valence-electron chi connectivity index (χ3n) is 3.58. The number of amides is 1. The van der Waals surface area contributed by atoms with E-state index in [1.54, 1.807) is 30.0 Å². The van der Waals surface area contributed by atoms with Gasteiger partial charge in [-0.3, -0.25) is 10.1 Å².